The number of alkyl halides is 1. The summed E-state index contributed by atoms with van der Waals surface area (Å²) in [6.07, 6.45) is 6.44. The van der Waals surface area contributed by atoms with E-state index in [2.05, 4.69) is 6.58 Å². The van der Waals surface area contributed by atoms with Crippen molar-refractivity contribution in [3.8, 4) is 0 Å². The zero-order valence-electron chi connectivity index (χ0n) is 14.2. The highest BCUT2D eigenvalue weighted by Crippen LogP contribution is 2.11. The summed E-state index contributed by atoms with van der Waals surface area (Å²) in [4.78, 5) is 13.5. The molecule has 0 aromatic rings. The summed E-state index contributed by atoms with van der Waals surface area (Å²) in [5.41, 5.74) is -0.311. The molecule has 0 saturated carbocycles. The Morgan fingerprint density at radius 3 is 2.48 bits per heavy atom. The Morgan fingerprint density at radius 2 is 2.00 bits per heavy atom. The molecular formula is C16H27BFNO4. The first-order chi connectivity index (χ1) is 10.7. The van der Waals surface area contributed by atoms with E-state index >= 15 is 0 Å². The Balaban J connectivity index is 4.64. The first-order valence-electron chi connectivity index (χ1n) is 7.60. The molecule has 0 aliphatic carbocycles. The predicted octanol–water partition coefficient (Wildman–Crippen LogP) is 2.65. The second kappa shape index (κ2) is 11.0. The molecule has 0 unspecified atom stereocenters. The lowest BCUT2D eigenvalue weighted by atomic mass is 9.79. The number of hydrogen-bond acceptors (Lipinski definition) is 4. The number of amides is 1. The zero-order valence-corrected chi connectivity index (χ0v) is 14.2. The van der Waals surface area contributed by atoms with Crippen molar-refractivity contribution in [2.45, 2.75) is 39.2 Å². The lowest BCUT2D eigenvalue weighted by Gasteiger charge is -2.27. The molecule has 0 aliphatic rings. The molecule has 0 bridgehead atoms. The summed E-state index contributed by atoms with van der Waals surface area (Å²) in [5, 5.41) is 18.3. The monoisotopic (exact) mass is 327 g/mol. The molecule has 0 atom stereocenters. The van der Waals surface area contributed by atoms with Crippen molar-refractivity contribution in [1.29, 1.82) is 0 Å². The molecule has 7 heteroatoms. The van der Waals surface area contributed by atoms with Gasteiger partial charge in [0.2, 0.25) is 0 Å². The van der Waals surface area contributed by atoms with Gasteiger partial charge in [-0.2, -0.15) is 0 Å². The van der Waals surface area contributed by atoms with Crippen LogP contribution in [0.15, 0.2) is 36.4 Å². The number of carbonyl (C=O) groups is 1. The highest BCUT2D eigenvalue weighted by molar-refractivity contribution is 6.51. The van der Waals surface area contributed by atoms with Gasteiger partial charge in [-0.05, 0) is 39.1 Å². The zero-order chi connectivity index (χ0) is 17.9. The molecule has 0 spiro atoms. The van der Waals surface area contributed by atoms with E-state index in [1.54, 1.807) is 32.9 Å². The SMILES string of the molecule is C=C/C=C(\C=C/CCN(CCCF)C(=O)OC(C)(C)C)B(O)O. The Kier molecular flexibility index (Phi) is 10.3. The highest BCUT2D eigenvalue weighted by Gasteiger charge is 2.21. The third-order valence-electron chi connectivity index (χ3n) is 2.70. The summed E-state index contributed by atoms with van der Waals surface area (Å²) >= 11 is 0. The Bertz CT molecular complexity index is 430. The molecule has 2 N–H and O–H groups in total. The maximum Gasteiger partial charge on any atom is 0.488 e. The molecule has 130 valence electrons. The molecule has 0 radical (unpaired) electrons. The fraction of sp³-hybridized carbons (Fsp3) is 0.562. The van der Waals surface area contributed by atoms with Crippen LogP contribution in [-0.2, 0) is 4.74 Å². The van der Waals surface area contributed by atoms with E-state index in [-0.39, 0.29) is 13.0 Å². The van der Waals surface area contributed by atoms with Gasteiger partial charge in [0, 0.05) is 13.1 Å². The fourth-order valence-electron chi connectivity index (χ4n) is 1.69. The third-order valence-corrected chi connectivity index (χ3v) is 2.70. The van der Waals surface area contributed by atoms with Gasteiger partial charge in [0.1, 0.15) is 5.60 Å². The van der Waals surface area contributed by atoms with Crippen LogP contribution < -0.4 is 0 Å². The highest BCUT2D eigenvalue weighted by atomic mass is 19.1. The summed E-state index contributed by atoms with van der Waals surface area (Å²) in [6, 6.07) is 0. The minimum absolute atomic E-state index is 0.250. The molecule has 0 aromatic carbocycles. The molecule has 1 amide bonds. The molecule has 0 fully saturated rings. The van der Waals surface area contributed by atoms with Crippen molar-refractivity contribution in [3.05, 3.63) is 36.4 Å². The predicted molar refractivity (Wildman–Crippen MR) is 90.6 cm³/mol. The van der Waals surface area contributed by atoms with Crippen LogP contribution in [0.4, 0.5) is 9.18 Å². The van der Waals surface area contributed by atoms with Gasteiger partial charge in [0.05, 0.1) is 6.67 Å². The molecule has 0 heterocycles. The standard InChI is InChI=1S/C16H27BFNO4/c1-5-9-14(17(21)22)10-6-7-12-19(13-8-11-18)15(20)23-16(2,3)4/h5-6,9-10,21-22H,1,7-8,11-13H2,2-4H3/b10-6-,14-9+. The van der Waals surface area contributed by atoms with Crippen molar-refractivity contribution in [2.75, 3.05) is 19.8 Å². The minimum Gasteiger partial charge on any atom is -0.444 e. The van der Waals surface area contributed by atoms with E-state index in [1.807, 2.05) is 0 Å². The van der Waals surface area contributed by atoms with Gasteiger partial charge in [0.15, 0.2) is 0 Å². The van der Waals surface area contributed by atoms with Crippen LogP contribution in [0.1, 0.15) is 33.6 Å². The van der Waals surface area contributed by atoms with E-state index in [0.717, 1.165) is 0 Å². The lowest BCUT2D eigenvalue weighted by Crippen LogP contribution is -2.38. The number of carbonyl (C=O) groups excluding carboxylic acids is 1. The fourth-order valence-corrected chi connectivity index (χ4v) is 1.69. The first kappa shape index (κ1) is 21.4. The van der Waals surface area contributed by atoms with Crippen LogP contribution in [-0.4, -0.2) is 53.5 Å². The maximum atomic E-state index is 12.4. The molecule has 0 rings (SSSR count). The maximum absolute atomic E-state index is 12.4. The van der Waals surface area contributed by atoms with Gasteiger partial charge in [-0.25, -0.2) is 4.79 Å². The molecular weight excluding hydrogens is 300 g/mol. The Hall–Kier alpha value is -1.60. The van der Waals surface area contributed by atoms with Crippen LogP contribution in [0.25, 0.3) is 0 Å². The largest absolute Gasteiger partial charge is 0.488 e. The first-order valence-corrected chi connectivity index (χ1v) is 7.60. The lowest BCUT2D eigenvalue weighted by molar-refractivity contribution is 0.0248. The van der Waals surface area contributed by atoms with E-state index in [4.69, 9.17) is 14.8 Å². The van der Waals surface area contributed by atoms with Gasteiger partial charge in [-0.3, -0.25) is 4.39 Å². The van der Waals surface area contributed by atoms with Crippen molar-refractivity contribution < 1.29 is 24.0 Å². The topological polar surface area (TPSA) is 70.0 Å². The van der Waals surface area contributed by atoms with Gasteiger partial charge >= 0.3 is 13.2 Å². The number of halogens is 1. The number of rotatable bonds is 9. The van der Waals surface area contributed by atoms with Crippen molar-refractivity contribution >= 4 is 13.2 Å². The van der Waals surface area contributed by atoms with Crippen LogP contribution in [0, 0.1) is 0 Å². The molecule has 23 heavy (non-hydrogen) atoms. The van der Waals surface area contributed by atoms with Gasteiger partial charge in [-0.15, -0.1) is 0 Å². The average Bonchev–Trinajstić information content (AvgIpc) is 2.42. The van der Waals surface area contributed by atoms with Crippen LogP contribution in [0.2, 0.25) is 0 Å². The van der Waals surface area contributed by atoms with Crippen LogP contribution in [0.3, 0.4) is 0 Å². The van der Waals surface area contributed by atoms with Gasteiger partial charge < -0.3 is 19.7 Å². The van der Waals surface area contributed by atoms with Crippen molar-refractivity contribution in [2.24, 2.45) is 0 Å². The Morgan fingerprint density at radius 1 is 1.35 bits per heavy atom. The summed E-state index contributed by atoms with van der Waals surface area (Å²) < 4.78 is 17.6. The summed E-state index contributed by atoms with van der Waals surface area (Å²) in [7, 11) is -1.59. The average molecular weight is 327 g/mol. The quantitative estimate of drug-likeness (QED) is 0.505. The van der Waals surface area contributed by atoms with Crippen LogP contribution >= 0.6 is 0 Å². The summed E-state index contributed by atoms with van der Waals surface area (Å²) in [5.74, 6) is 0. The second-order valence-electron chi connectivity index (χ2n) is 5.98. The van der Waals surface area contributed by atoms with E-state index in [0.29, 0.717) is 18.4 Å². The molecule has 0 aliphatic heterocycles. The van der Waals surface area contributed by atoms with E-state index in [1.165, 1.54) is 17.1 Å². The minimum atomic E-state index is -1.59. The van der Waals surface area contributed by atoms with Crippen LogP contribution in [0.5, 0.6) is 0 Å². The normalized spacial score (nSPS) is 12.3. The number of hydrogen-bond donors (Lipinski definition) is 2. The number of ether oxygens (including phenoxy) is 1. The smallest absolute Gasteiger partial charge is 0.444 e. The van der Waals surface area contributed by atoms with E-state index < -0.39 is 25.5 Å². The summed E-state index contributed by atoms with van der Waals surface area (Å²) in [6.45, 7) is 8.93. The number of allylic oxidation sites excluding steroid dienone is 4. The molecule has 5 nitrogen and oxygen atoms in total. The van der Waals surface area contributed by atoms with Gasteiger partial charge in [-0.1, -0.05) is 30.9 Å². The third kappa shape index (κ3) is 10.7. The van der Waals surface area contributed by atoms with E-state index in [9.17, 15) is 9.18 Å². The number of nitrogens with zero attached hydrogens (tertiary/aromatic N) is 1. The van der Waals surface area contributed by atoms with Crippen molar-refractivity contribution in [3.63, 3.8) is 0 Å². The molecule has 0 saturated heterocycles. The molecule has 0 aromatic heterocycles. The Labute approximate surface area is 138 Å². The van der Waals surface area contributed by atoms with Crippen molar-refractivity contribution in [1.82, 2.24) is 4.90 Å². The second-order valence-corrected chi connectivity index (χ2v) is 5.98. The van der Waals surface area contributed by atoms with Gasteiger partial charge in [0.25, 0.3) is 0 Å².